The molecule has 0 saturated carbocycles. The van der Waals surface area contributed by atoms with Crippen LogP contribution in [0.15, 0.2) is 70.3 Å². The Morgan fingerprint density at radius 3 is 2.79 bits per heavy atom. The summed E-state index contributed by atoms with van der Waals surface area (Å²) in [5, 5.41) is 13.4. The Hall–Kier alpha value is -3.29. The Labute approximate surface area is 163 Å². The Kier molecular flexibility index (Phi) is 4.77. The summed E-state index contributed by atoms with van der Waals surface area (Å²) < 4.78 is 19.7. The number of halogens is 2. The van der Waals surface area contributed by atoms with Crippen LogP contribution in [0.3, 0.4) is 0 Å². The van der Waals surface area contributed by atoms with E-state index in [4.69, 9.17) is 16.0 Å². The molecular weight excluding hydrogens is 385 g/mol. The highest BCUT2D eigenvalue weighted by Crippen LogP contribution is 2.33. The van der Waals surface area contributed by atoms with E-state index in [2.05, 4.69) is 15.3 Å². The van der Waals surface area contributed by atoms with Gasteiger partial charge in [-0.05, 0) is 24.3 Å². The summed E-state index contributed by atoms with van der Waals surface area (Å²) in [5.41, 5.74) is 0.792. The molecule has 0 aliphatic heterocycles. The highest BCUT2D eigenvalue weighted by molar-refractivity contribution is 6.33. The number of nitrogens with zero attached hydrogens (tertiary/aromatic N) is 2. The predicted octanol–water partition coefficient (Wildman–Crippen LogP) is 4.15. The quantitative estimate of drug-likeness (QED) is 0.503. The molecule has 0 radical (unpaired) electrons. The van der Waals surface area contributed by atoms with Gasteiger partial charge in [0.15, 0.2) is 17.2 Å². The molecule has 6 nitrogen and oxygen atoms in total. The number of benzene rings is 2. The van der Waals surface area contributed by atoms with Crippen LogP contribution >= 0.6 is 11.6 Å². The van der Waals surface area contributed by atoms with Crippen molar-refractivity contribution in [2.75, 3.05) is 5.32 Å². The van der Waals surface area contributed by atoms with E-state index in [-0.39, 0.29) is 27.4 Å². The van der Waals surface area contributed by atoms with Crippen LogP contribution < -0.4 is 10.7 Å². The van der Waals surface area contributed by atoms with E-state index in [0.717, 1.165) is 0 Å². The van der Waals surface area contributed by atoms with Crippen LogP contribution in [0.25, 0.3) is 22.3 Å². The zero-order valence-electron chi connectivity index (χ0n) is 14.3. The summed E-state index contributed by atoms with van der Waals surface area (Å²) in [6, 6.07) is 10.4. The van der Waals surface area contributed by atoms with Gasteiger partial charge in [-0.25, -0.2) is 4.39 Å². The SMILES string of the molecule is O=c1cc(-c2cccc(F)c2Cl)oc2c(NC(O)c3cnccn3)cccc12. The molecule has 2 aromatic heterocycles. The Balaban J connectivity index is 1.83. The molecule has 0 aliphatic carbocycles. The van der Waals surface area contributed by atoms with Crippen LogP contribution in [0.1, 0.15) is 11.9 Å². The fourth-order valence-corrected chi connectivity index (χ4v) is 3.01. The minimum atomic E-state index is -1.17. The Morgan fingerprint density at radius 1 is 1.18 bits per heavy atom. The molecule has 0 amide bonds. The first-order valence-corrected chi connectivity index (χ1v) is 8.64. The van der Waals surface area contributed by atoms with E-state index in [1.54, 1.807) is 24.3 Å². The fourth-order valence-electron chi connectivity index (χ4n) is 2.79. The number of hydrogen-bond donors (Lipinski definition) is 2. The first-order valence-electron chi connectivity index (χ1n) is 8.26. The van der Waals surface area contributed by atoms with Crippen molar-refractivity contribution in [1.82, 2.24) is 9.97 Å². The second-order valence-electron chi connectivity index (χ2n) is 5.94. The Bertz CT molecular complexity index is 1210. The number of aliphatic hydroxyl groups excluding tert-OH is 1. The molecule has 140 valence electrons. The van der Waals surface area contributed by atoms with Crippen molar-refractivity contribution < 1.29 is 13.9 Å². The average Bonchev–Trinajstić information content (AvgIpc) is 2.71. The van der Waals surface area contributed by atoms with Crippen molar-refractivity contribution in [3.63, 3.8) is 0 Å². The van der Waals surface area contributed by atoms with Crippen LogP contribution in [0, 0.1) is 5.82 Å². The van der Waals surface area contributed by atoms with Crippen molar-refractivity contribution >= 4 is 28.3 Å². The van der Waals surface area contributed by atoms with Gasteiger partial charge in [0.2, 0.25) is 0 Å². The standard InChI is InChI=1S/C20H13ClFN3O3/c21-18-12(4-1-5-13(18)22)17-9-16(26)11-3-2-6-14(19(11)28-17)25-20(27)15-10-23-7-8-24-15/h1-10,20,25,27H. The van der Waals surface area contributed by atoms with Crippen LogP contribution in [0.5, 0.6) is 0 Å². The van der Waals surface area contributed by atoms with Gasteiger partial charge >= 0.3 is 0 Å². The monoisotopic (exact) mass is 397 g/mol. The lowest BCUT2D eigenvalue weighted by Gasteiger charge is -2.15. The Morgan fingerprint density at radius 2 is 2.00 bits per heavy atom. The molecule has 0 bridgehead atoms. The molecule has 2 N–H and O–H groups in total. The lowest BCUT2D eigenvalue weighted by Crippen LogP contribution is -2.12. The molecule has 1 unspecified atom stereocenters. The van der Waals surface area contributed by atoms with Crippen molar-refractivity contribution in [1.29, 1.82) is 0 Å². The third-order valence-electron chi connectivity index (χ3n) is 4.13. The van der Waals surface area contributed by atoms with E-state index < -0.39 is 12.0 Å². The van der Waals surface area contributed by atoms with Crippen LogP contribution in [-0.4, -0.2) is 15.1 Å². The molecule has 0 fully saturated rings. The number of fused-ring (bicyclic) bond motifs is 1. The van der Waals surface area contributed by atoms with E-state index >= 15 is 0 Å². The summed E-state index contributed by atoms with van der Waals surface area (Å²) in [6.45, 7) is 0. The summed E-state index contributed by atoms with van der Waals surface area (Å²) in [7, 11) is 0. The molecule has 4 aromatic rings. The van der Waals surface area contributed by atoms with Gasteiger partial charge in [-0.15, -0.1) is 0 Å². The topological polar surface area (TPSA) is 88.2 Å². The number of hydrogen-bond acceptors (Lipinski definition) is 6. The summed E-state index contributed by atoms with van der Waals surface area (Å²) in [6.07, 6.45) is 3.18. The van der Waals surface area contributed by atoms with Gasteiger partial charge in [0.05, 0.1) is 22.3 Å². The van der Waals surface area contributed by atoms with E-state index in [1.165, 1.54) is 36.8 Å². The summed E-state index contributed by atoms with van der Waals surface area (Å²) in [4.78, 5) is 20.5. The zero-order chi connectivity index (χ0) is 19.7. The predicted molar refractivity (Wildman–Crippen MR) is 104 cm³/mol. The maximum absolute atomic E-state index is 13.8. The molecule has 4 rings (SSSR count). The number of para-hydroxylation sites is 1. The molecule has 2 aromatic carbocycles. The normalized spacial score (nSPS) is 12.1. The average molecular weight is 398 g/mol. The van der Waals surface area contributed by atoms with E-state index in [1.807, 2.05) is 0 Å². The summed E-state index contributed by atoms with van der Waals surface area (Å²) >= 11 is 6.03. The first-order chi connectivity index (χ1) is 13.5. The van der Waals surface area contributed by atoms with Gasteiger partial charge < -0.3 is 14.8 Å². The highest BCUT2D eigenvalue weighted by Gasteiger charge is 2.16. The molecular formula is C20H13ClFN3O3. The van der Waals surface area contributed by atoms with Gasteiger partial charge in [0, 0.05) is 24.0 Å². The lowest BCUT2D eigenvalue weighted by atomic mass is 10.1. The zero-order valence-corrected chi connectivity index (χ0v) is 15.0. The molecule has 0 saturated heterocycles. The minimum absolute atomic E-state index is 0.116. The second-order valence-corrected chi connectivity index (χ2v) is 6.31. The molecule has 28 heavy (non-hydrogen) atoms. The number of aromatic nitrogens is 2. The third-order valence-corrected chi connectivity index (χ3v) is 4.51. The van der Waals surface area contributed by atoms with Gasteiger partial charge in [-0.2, -0.15) is 0 Å². The first kappa shape index (κ1) is 18.1. The van der Waals surface area contributed by atoms with E-state index in [9.17, 15) is 14.3 Å². The molecule has 0 spiro atoms. The molecule has 1 atom stereocenters. The van der Waals surface area contributed by atoms with Crippen molar-refractivity contribution in [2.45, 2.75) is 6.23 Å². The molecule has 2 heterocycles. The second kappa shape index (κ2) is 7.38. The van der Waals surface area contributed by atoms with Crippen molar-refractivity contribution in [2.24, 2.45) is 0 Å². The van der Waals surface area contributed by atoms with Crippen LogP contribution in [0.2, 0.25) is 5.02 Å². The number of anilines is 1. The van der Waals surface area contributed by atoms with Crippen molar-refractivity contribution in [3.05, 3.63) is 87.8 Å². The fraction of sp³-hybridized carbons (Fsp3) is 0.0500. The van der Waals surface area contributed by atoms with Gasteiger partial charge in [-0.1, -0.05) is 23.7 Å². The highest BCUT2D eigenvalue weighted by atomic mass is 35.5. The minimum Gasteiger partial charge on any atom is -0.454 e. The molecule has 0 aliphatic rings. The van der Waals surface area contributed by atoms with Gasteiger partial charge in [-0.3, -0.25) is 14.8 Å². The molecule has 8 heteroatoms. The number of rotatable bonds is 4. The maximum Gasteiger partial charge on any atom is 0.193 e. The van der Waals surface area contributed by atoms with Crippen LogP contribution in [-0.2, 0) is 0 Å². The van der Waals surface area contributed by atoms with Gasteiger partial charge in [0.25, 0.3) is 0 Å². The van der Waals surface area contributed by atoms with E-state index in [0.29, 0.717) is 16.8 Å². The summed E-state index contributed by atoms with van der Waals surface area (Å²) in [5.74, 6) is -0.503. The largest absolute Gasteiger partial charge is 0.454 e. The third kappa shape index (κ3) is 3.33. The number of aliphatic hydroxyl groups is 1. The van der Waals surface area contributed by atoms with Gasteiger partial charge in [0.1, 0.15) is 17.3 Å². The smallest absolute Gasteiger partial charge is 0.193 e. The lowest BCUT2D eigenvalue weighted by molar-refractivity contribution is 0.203. The van der Waals surface area contributed by atoms with Crippen molar-refractivity contribution in [3.8, 4) is 11.3 Å². The van der Waals surface area contributed by atoms with Crippen LogP contribution in [0.4, 0.5) is 10.1 Å². The maximum atomic E-state index is 13.8. The number of nitrogens with one attached hydrogen (secondary N) is 1.